The van der Waals surface area contributed by atoms with Crippen LogP contribution in [0.1, 0.15) is 41.8 Å². The van der Waals surface area contributed by atoms with E-state index in [2.05, 4.69) is 0 Å². The highest BCUT2D eigenvalue weighted by Gasteiger charge is 2.66. The molecule has 3 atom stereocenters. The Labute approximate surface area is 244 Å². The van der Waals surface area contributed by atoms with E-state index >= 15 is 0 Å². The zero-order valence-electron chi connectivity index (χ0n) is 24.1. The van der Waals surface area contributed by atoms with Crippen LogP contribution in [-0.2, 0) is 31.0 Å². The van der Waals surface area contributed by atoms with Gasteiger partial charge in [0.1, 0.15) is 22.8 Å². The summed E-state index contributed by atoms with van der Waals surface area (Å²) >= 11 is 0. The van der Waals surface area contributed by atoms with E-state index < -0.39 is 35.0 Å². The maximum absolute atomic E-state index is 14.6. The molecule has 0 fully saturated rings. The largest absolute Gasteiger partial charge is 0.497 e. The highest BCUT2D eigenvalue weighted by molar-refractivity contribution is 6.25. The maximum atomic E-state index is 14.6. The van der Waals surface area contributed by atoms with E-state index in [0.717, 1.165) is 16.2 Å². The summed E-state index contributed by atoms with van der Waals surface area (Å²) in [7, 11) is 3.14. The first-order valence-corrected chi connectivity index (χ1v) is 13.9. The van der Waals surface area contributed by atoms with Crippen molar-refractivity contribution in [2.24, 2.45) is 11.8 Å². The zero-order valence-corrected chi connectivity index (χ0v) is 24.1. The number of rotatable bonds is 9. The number of fused-ring (bicyclic) bond motifs is 2. The second-order valence-corrected chi connectivity index (χ2v) is 10.4. The Morgan fingerprint density at radius 1 is 0.881 bits per heavy atom. The fourth-order valence-corrected chi connectivity index (χ4v) is 6.36. The molecule has 0 saturated heterocycles. The van der Waals surface area contributed by atoms with E-state index in [0.29, 0.717) is 35.4 Å². The number of anilines is 1. The van der Waals surface area contributed by atoms with Crippen molar-refractivity contribution in [2.45, 2.75) is 32.1 Å². The van der Waals surface area contributed by atoms with Crippen molar-refractivity contribution in [3.63, 3.8) is 0 Å². The van der Waals surface area contributed by atoms with E-state index in [1.54, 1.807) is 68.6 Å². The molecule has 0 bridgehead atoms. The van der Waals surface area contributed by atoms with Gasteiger partial charge >= 0.3 is 5.97 Å². The van der Waals surface area contributed by atoms with Crippen molar-refractivity contribution >= 4 is 29.3 Å². The monoisotopic (exact) mass is 567 g/mol. The fourth-order valence-electron chi connectivity index (χ4n) is 6.36. The summed E-state index contributed by atoms with van der Waals surface area (Å²) in [5, 5.41) is 0. The minimum absolute atomic E-state index is 0.0677. The normalized spacial score (nSPS) is 20.7. The lowest BCUT2D eigenvalue weighted by atomic mass is 9.64. The van der Waals surface area contributed by atoms with Gasteiger partial charge in [-0.2, -0.15) is 0 Å². The Balaban J connectivity index is 1.68. The summed E-state index contributed by atoms with van der Waals surface area (Å²) in [5.74, 6) is -2.56. The number of carbonyl (C=O) groups excluding carboxylic acids is 4. The second-order valence-electron chi connectivity index (χ2n) is 10.4. The van der Waals surface area contributed by atoms with Crippen molar-refractivity contribution in [3.05, 3.63) is 101 Å². The van der Waals surface area contributed by atoms with Gasteiger partial charge in [-0.05, 0) is 79.3 Å². The van der Waals surface area contributed by atoms with Crippen LogP contribution in [0.4, 0.5) is 5.69 Å². The number of ketones is 1. The van der Waals surface area contributed by atoms with Gasteiger partial charge < -0.3 is 14.2 Å². The van der Waals surface area contributed by atoms with Gasteiger partial charge in [-0.1, -0.05) is 36.4 Å². The molecule has 2 amide bonds. The highest BCUT2D eigenvalue weighted by atomic mass is 16.5. The number of aryl methyl sites for hydroxylation is 1. The third kappa shape index (κ3) is 4.66. The number of esters is 1. The number of allylic oxidation sites excluding steroid dienone is 1. The molecule has 3 aromatic carbocycles. The molecule has 0 unspecified atom stereocenters. The molecule has 8 heteroatoms. The van der Waals surface area contributed by atoms with Gasteiger partial charge in [0.25, 0.3) is 0 Å². The second kappa shape index (κ2) is 11.6. The molecule has 0 N–H and O–H groups in total. The molecule has 0 radical (unpaired) electrons. The Hall–Kier alpha value is -4.72. The van der Waals surface area contributed by atoms with Crippen LogP contribution >= 0.6 is 0 Å². The molecule has 2 aliphatic rings. The number of Topliss-reactive ketones (excluding diaryl/α,β-unsaturated/α-hetero) is 1. The van der Waals surface area contributed by atoms with E-state index in [1.807, 2.05) is 24.3 Å². The first-order valence-electron chi connectivity index (χ1n) is 13.9. The van der Waals surface area contributed by atoms with Crippen LogP contribution in [-0.4, -0.2) is 44.4 Å². The third-order valence-corrected chi connectivity index (χ3v) is 8.23. The topological polar surface area (TPSA) is 99.2 Å². The summed E-state index contributed by atoms with van der Waals surface area (Å²) in [6, 6.07) is 21.2. The predicted molar refractivity (Wildman–Crippen MR) is 157 cm³/mol. The van der Waals surface area contributed by atoms with Crippen molar-refractivity contribution in [2.75, 3.05) is 25.7 Å². The Morgan fingerprint density at radius 2 is 1.50 bits per heavy atom. The average Bonchev–Trinajstić information content (AvgIpc) is 3.49. The quantitative estimate of drug-likeness (QED) is 0.263. The molecule has 1 aliphatic heterocycles. The molecule has 1 aliphatic carbocycles. The SMILES string of the molecule is CCOC(=O)[C@@H]1C(C(=O)c2ccc(OC)cc2)=C[C@@H](CCc2ccc(OC)cc2)[C@@]12C(=O)N(C(C)=O)c1ccccc12. The van der Waals surface area contributed by atoms with E-state index in [1.165, 1.54) is 14.0 Å². The maximum Gasteiger partial charge on any atom is 0.315 e. The number of methoxy groups -OCH3 is 2. The molecular weight excluding hydrogens is 534 g/mol. The summed E-state index contributed by atoms with van der Waals surface area (Å²) in [5.41, 5.74) is 0.973. The molecule has 3 aromatic rings. The average molecular weight is 568 g/mol. The number of benzene rings is 3. The molecule has 216 valence electrons. The smallest absolute Gasteiger partial charge is 0.315 e. The summed E-state index contributed by atoms with van der Waals surface area (Å²) in [4.78, 5) is 56.6. The number of ether oxygens (including phenoxy) is 3. The minimum atomic E-state index is -1.53. The summed E-state index contributed by atoms with van der Waals surface area (Å²) in [6.45, 7) is 3.07. The van der Waals surface area contributed by atoms with Gasteiger partial charge in [-0.15, -0.1) is 0 Å². The van der Waals surface area contributed by atoms with E-state index in [4.69, 9.17) is 14.2 Å². The van der Waals surface area contributed by atoms with Gasteiger partial charge in [0.2, 0.25) is 11.8 Å². The van der Waals surface area contributed by atoms with Crippen LogP contribution in [0.3, 0.4) is 0 Å². The summed E-state index contributed by atoms with van der Waals surface area (Å²) in [6.07, 6.45) is 2.76. The predicted octanol–water partition coefficient (Wildman–Crippen LogP) is 5.09. The van der Waals surface area contributed by atoms with Gasteiger partial charge in [0.05, 0.1) is 26.5 Å². The molecule has 0 aromatic heterocycles. The molecule has 1 spiro atoms. The number of carbonyl (C=O) groups is 4. The molecule has 0 saturated carbocycles. The lowest BCUT2D eigenvalue weighted by molar-refractivity contribution is -0.152. The zero-order chi connectivity index (χ0) is 30.0. The van der Waals surface area contributed by atoms with E-state index in [9.17, 15) is 19.2 Å². The first-order chi connectivity index (χ1) is 20.3. The van der Waals surface area contributed by atoms with Gasteiger partial charge in [-0.25, -0.2) is 4.90 Å². The van der Waals surface area contributed by atoms with Gasteiger partial charge in [0, 0.05) is 18.1 Å². The van der Waals surface area contributed by atoms with Crippen molar-refractivity contribution in [3.8, 4) is 11.5 Å². The van der Waals surface area contributed by atoms with Crippen LogP contribution in [0.2, 0.25) is 0 Å². The number of hydrogen-bond donors (Lipinski definition) is 0. The number of hydrogen-bond acceptors (Lipinski definition) is 7. The highest BCUT2D eigenvalue weighted by Crippen LogP contribution is 2.58. The number of nitrogens with zero attached hydrogens (tertiary/aromatic N) is 1. The lowest BCUT2D eigenvalue weighted by Gasteiger charge is -2.35. The van der Waals surface area contributed by atoms with Crippen LogP contribution in [0.5, 0.6) is 11.5 Å². The van der Waals surface area contributed by atoms with Crippen molar-refractivity contribution < 1.29 is 33.4 Å². The molecule has 8 nitrogen and oxygen atoms in total. The van der Waals surface area contributed by atoms with Gasteiger partial charge in [0.15, 0.2) is 5.78 Å². The number of amides is 2. The summed E-state index contributed by atoms with van der Waals surface area (Å²) < 4.78 is 16.1. The number of para-hydroxylation sites is 1. The Morgan fingerprint density at radius 3 is 2.10 bits per heavy atom. The van der Waals surface area contributed by atoms with E-state index in [-0.39, 0.29) is 18.0 Å². The molecule has 5 rings (SSSR count). The molecule has 42 heavy (non-hydrogen) atoms. The van der Waals surface area contributed by atoms with Gasteiger partial charge in [-0.3, -0.25) is 19.2 Å². The van der Waals surface area contributed by atoms with Crippen LogP contribution < -0.4 is 14.4 Å². The Kier molecular flexibility index (Phi) is 7.98. The van der Waals surface area contributed by atoms with Crippen molar-refractivity contribution in [1.29, 1.82) is 0 Å². The third-order valence-electron chi connectivity index (χ3n) is 8.23. The fraction of sp³-hybridized carbons (Fsp3) is 0.294. The minimum Gasteiger partial charge on any atom is -0.497 e. The number of imide groups is 1. The van der Waals surface area contributed by atoms with Crippen LogP contribution in [0, 0.1) is 11.8 Å². The van der Waals surface area contributed by atoms with Crippen LogP contribution in [0.25, 0.3) is 0 Å². The molecule has 1 heterocycles. The first kappa shape index (κ1) is 28.8. The van der Waals surface area contributed by atoms with Crippen LogP contribution in [0.15, 0.2) is 84.4 Å². The Bertz CT molecular complexity index is 1560. The lowest BCUT2D eigenvalue weighted by Crippen LogP contribution is -2.52. The molecular formula is C34H33NO7. The van der Waals surface area contributed by atoms with Crippen molar-refractivity contribution in [1.82, 2.24) is 0 Å². The standard InChI is InChI=1S/C34H33NO7/c1-5-42-32(38)30-27(31(37)23-13-18-26(41-4)19-14-23)20-24(15-10-22-11-16-25(40-3)17-12-22)34(30)28-8-6-7-9-29(28)35(21(2)36)33(34)39/h6-9,11-14,16-20,24,30H,5,10,15H2,1-4H3/t24-,30+,34+/m1/s1.